The Morgan fingerprint density at radius 1 is 1.47 bits per heavy atom. The second-order valence-electron chi connectivity index (χ2n) is 3.94. The van der Waals surface area contributed by atoms with Crippen molar-refractivity contribution in [3.8, 4) is 0 Å². The lowest BCUT2D eigenvalue weighted by Gasteiger charge is -2.11. The van der Waals surface area contributed by atoms with Gasteiger partial charge in [0, 0.05) is 13.1 Å². The summed E-state index contributed by atoms with van der Waals surface area (Å²) in [4.78, 5) is 6.17. The van der Waals surface area contributed by atoms with Crippen molar-refractivity contribution in [1.82, 2.24) is 9.88 Å². The van der Waals surface area contributed by atoms with Crippen molar-refractivity contribution in [2.75, 3.05) is 51.4 Å². The van der Waals surface area contributed by atoms with Gasteiger partial charge in [0.15, 0.2) is 0 Å². The fourth-order valence-electron chi connectivity index (χ4n) is 1.17. The number of nitrogen functional groups attached to an aromatic ring is 1. The van der Waals surface area contributed by atoms with Gasteiger partial charge in [0.05, 0.1) is 30.1 Å². The van der Waals surface area contributed by atoms with Crippen molar-refractivity contribution < 1.29 is 4.74 Å². The number of nitrogens with one attached hydrogen (secondary N) is 1. The summed E-state index contributed by atoms with van der Waals surface area (Å²) in [6, 6.07) is 1.67. The fourth-order valence-corrected chi connectivity index (χ4v) is 1.42. The number of hydrogen-bond donors (Lipinski definition) is 2. The number of nitrogens with two attached hydrogens (primary N) is 1. The minimum absolute atomic E-state index is 0.526. The summed E-state index contributed by atoms with van der Waals surface area (Å²) in [5.74, 6) is 0.636. The molecule has 1 aromatic heterocycles. The molecule has 1 aromatic rings. The molecule has 5 nitrogen and oxygen atoms in total. The number of halogens is 1. The first-order valence-electron chi connectivity index (χ1n) is 5.47. The van der Waals surface area contributed by atoms with E-state index in [2.05, 4.69) is 15.2 Å². The van der Waals surface area contributed by atoms with Gasteiger partial charge >= 0.3 is 0 Å². The van der Waals surface area contributed by atoms with Crippen LogP contribution in [0.5, 0.6) is 0 Å². The van der Waals surface area contributed by atoms with E-state index in [1.54, 1.807) is 12.3 Å². The molecule has 0 bridgehead atoms. The predicted octanol–water partition coefficient (Wildman–Crippen LogP) is 1.31. The quantitative estimate of drug-likeness (QED) is 0.722. The molecule has 0 unspecified atom stereocenters. The molecule has 96 valence electrons. The summed E-state index contributed by atoms with van der Waals surface area (Å²) in [6.07, 6.45) is 1.57. The van der Waals surface area contributed by atoms with Gasteiger partial charge < -0.3 is 20.7 Å². The Labute approximate surface area is 107 Å². The third-order valence-corrected chi connectivity index (χ3v) is 2.37. The van der Waals surface area contributed by atoms with Gasteiger partial charge in [-0.05, 0) is 20.2 Å². The van der Waals surface area contributed by atoms with E-state index >= 15 is 0 Å². The Hall–Kier alpha value is -1.04. The molecular formula is C11H19ClN4O. The number of rotatable bonds is 7. The summed E-state index contributed by atoms with van der Waals surface area (Å²) < 4.78 is 5.43. The number of aromatic nitrogens is 1. The van der Waals surface area contributed by atoms with Gasteiger partial charge in [-0.15, -0.1) is 0 Å². The van der Waals surface area contributed by atoms with Crippen molar-refractivity contribution in [1.29, 1.82) is 0 Å². The van der Waals surface area contributed by atoms with E-state index in [9.17, 15) is 0 Å². The molecule has 0 saturated heterocycles. The molecule has 0 aliphatic rings. The largest absolute Gasteiger partial charge is 0.397 e. The minimum atomic E-state index is 0.526. The second-order valence-corrected chi connectivity index (χ2v) is 4.35. The monoisotopic (exact) mass is 258 g/mol. The van der Waals surface area contributed by atoms with Crippen LogP contribution in [0.2, 0.25) is 5.02 Å². The highest BCUT2D eigenvalue weighted by Gasteiger charge is 2.01. The summed E-state index contributed by atoms with van der Waals surface area (Å²) in [7, 11) is 4.03. The summed E-state index contributed by atoms with van der Waals surface area (Å²) >= 11 is 5.96. The maximum atomic E-state index is 5.96. The Morgan fingerprint density at radius 3 is 2.88 bits per heavy atom. The van der Waals surface area contributed by atoms with Gasteiger partial charge in [0.1, 0.15) is 5.82 Å². The van der Waals surface area contributed by atoms with E-state index in [4.69, 9.17) is 22.1 Å². The van der Waals surface area contributed by atoms with Crippen molar-refractivity contribution in [2.24, 2.45) is 0 Å². The summed E-state index contributed by atoms with van der Waals surface area (Å²) in [5.41, 5.74) is 6.10. The van der Waals surface area contributed by atoms with Crippen LogP contribution in [0.15, 0.2) is 12.3 Å². The van der Waals surface area contributed by atoms with Crippen molar-refractivity contribution in [2.45, 2.75) is 0 Å². The number of ether oxygens (including phenoxy) is 1. The van der Waals surface area contributed by atoms with E-state index in [0.717, 1.165) is 13.2 Å². The van der Waals surface area contributed by atoms with Crippen LogP contribution >= 0.6 is 11.6 Å². The van der Waals surface area contributed by atoms with E-state index in [1.165, 1.54) is 0 Å². The van der Waals surface area contributed by atoms with Crippen LogP contribution in [0.3, 0.4) is 0 Å². The molecule has 0 amide bonds. The van der Waals surface area contributed by atoms with Crippen LogP contribution in [0.4, 0.5) is 11.5 Å². The molecule has 3 N–H and O–H groups in total. The summed E-state index contributed by atoms with van der Waals surface area (Å²) in [6.45, 7) is 2.93. The molecule has 1 heterocycles. The van der Waals surface area contributed by atoms with Gasteiger partial charge in [0.2, 0.25) is 0 Å². The van der Waals surface area contributed by atoms with Gasteiger partial charge in [-0.2, -0.15) is 0 Å². The molecule has 1 rings (SSSR count). The number of anilines is 2. The third kappa shape index (κ3) is 5.72. The zero-order valence-electron chi connectivity index (χ0n) is 10.2. The first-order chi connectivity index (χ1) is 8.09. The first kappa shape index (κ1) is 14.0. The van der Waals surface area contributed by atoms with Crippen LogP contribution in [-0.2, 0) is 4.74 Å². The second kappa shape index (κ2) is 7.32. The standard InChI is InChI=1S/C11H19ClN4O/c1-16(2)4-6-17-5-3-14-11-10(12)7-9(13)8-15-11/h7-8H,3-6,13H2,1-2H3,(H,14,15). The molecular weight excluding hydrogens is 240 g/mol. The van der Waals surface area contributed by atoms with Crippen LogP contribution in [0, 0.1) is 0 Å². The lowest BCUT2D eigenvalue weighted by Crippen LogP contribution is -2.20. The molecule has 0 spiro atoms. The number of hydrogen-bond acceptors (Lipinski definition) is 5. The normalized spacial score (nSPS) is 10.8. The van der Waals surface area contributed by atoms with Gasteiger partial charge in [-0.3, -0.25) is 0 Å². The van der Waals surface area contributed by atoms with E-state index in [-0.39, 0.29) is 0 Å². The molecule has 17 heavy (non-hydrogen) atoms. The average Bonchev–Trinajstić information content (AvgIpc) is 2.25. The highest BCUT2D eigenvalue weighted by Crippen LogP contribution is 2.20. The highest BCUT2D eigenvalue weighted by molar-refractivity contribution is 6.33. The Morgan fingerprint density at radius 2 is 2.24 bits per heavy atom. The fraction of sp³-hybridized carbons (Fsp3) is 0.545. The Kier molecular flexibility index (Phi) is 6.04. The van der Waals surface area contributed by atoms with Gasteiger partial charge in [0.25, 0.3) is 0 Å². The third-order valence-electron chi connectivity index (χ3n) is 2.08. The number of pyridine rings is 1. The molecule has 0 fully saturated rings. The lowest BCUT2D eigenvalue weighted by atomic mass is 10.4. The van der Waals surface area contributed by atoms with Crippen LogP contribution in [0.1, 0.15) is 0 Å². The molecule has 0 aliphatic heterocycles. The molecule has 0 atom stereocenters. The van der Waals surface area contributed by atoms with Crippen molar-refractivity contribution in [3.63, 3.8) is 0 Å². The zero-order chi connectivity index (χ0) is 12.7. The summed E-state index contributed by atoms with van der Waals surface area (Å²) in [5, 5.41) is 3.62. The SMILES string of the molecule is CN(C)CCOCCNc1ncc(N)cc1Cl. The number of nitrogens with zero attached hydrogens (tertiary/aromatic N) is 2. The average molecular weight is 259 g/mol. The molecule has 0 aliphatic carbocycles. The highest BCUT2D eigenvalue weighted by atomic mass is 35.5. The number of likely N-dealkylation sites (N-methyl/N-ethyl adjacent to an activating group) is 1. The topological polar surface area (TPSA) is 63.4 Å². The van der Waals surface area contributed by atoms with E-state index in [1.807, 2.05) is 14.1 Å². The maximum Gasteiger partial charge on any atom is 0.144 e. The van der Waals surface area contributed by atoms with Crippen molar-refractivity contribution >= 4 is 23.1 Å². The van der Waals surface area contributed by atoms with Crippen LogP contribution in [-0.4, -0.2) is 50.3 Å². The molecule has 0 radical (unpaired) electrons. The van der Waals surface area contributed by atoms with Crippen LogP contribution < -0.4 is 11.1 Å². The van der Waals surface area contributed by atoms with E-state index in [0.29, 0.717) is 29.7 Å². The Balaban J connectivity index is 2.18. The minimum Gasteiger partial charge on any atom is -0.397 e. The van der Waals surface area contributed by atoms with E-state index < -0.39 is 0 Å². The van der Waals surface area contributed by atoms with Crippen LogP contribution in [0.25, 0.3) is 0 Å². The molecule has 6 heteroatoms. The van der Waals surface area contributed by atoms with Gasteiger partial charge in [-0.1, -0.05) is 11.6 Å². The van der Waals surface area contributed by atoms with Crippen molar-refractivity contribution in [3.05, 3.63) is 17.3 Å². The smallest absolute Gasteiger partial charge is 0.144 e. The molecule has 0 saturated carbocycles. The predicted molar refractivity (Wildman–Crippen MR) is 71.5 cm³/mol. The Bertz CT molecular complexity index is 346. The molecule has 0 aromatic carbocycles. The van der Waals surface area contributed by atoms with Gasteiger partial charge in [-0.25, -0.2) is 4.98 Å². The maximum absolute atomic E-state index is 5.96. The first-order valence-corrected chi connectivity index (χ1v) is 5.85. The lowest BCUT2D eigenvalue weighted by molar-refractivity contribution is 0.126. The zero-order valence-corrected chi connectivity index (χ0v) is 11.0.